The van der Waals surface area contributed by atoms with Crippen LogP contribution >= 0.6 is 11.8 Å². The first-order valence-electron chi connectivity index (χ1n) is 8.59. The van der Waals surface area contributed by atoms with Crippen molar-refractivity contribution in [3.8, 4) is 5.75 Å². The van der Waals surface area contributed by atoms with Crippen LogP contribution in [0.15, 0.2) is 24.3 Å². The molecule has 1 N–H and O–H groups in total. The van der Waals surface area contributed by atoms with Gasteiger partial charge in [-0.2, -0.15) is 0 Å². The number of rotatable bonds is 5. The Morgan fingerprint density at radius 1 is 1.28 bits per heavy atom. The van der Waals surface area contributed by atoms with Crippen molar-refractivity contribution in [3.63, 3.8) is 0 Å². The van der Waals surface area contributed by atoms with Gasteiger partial charge in [0.1, 0.15) is 11.8 Å². The van der Waals surface area contributed by atoms with Gasteiger partial charge in [0.25, 0.3) is 5.91 Å². The molecule has 25 heavy (non-hydrogen) atoms. The predicted octanol–water partition coefficient (Wildman–Crippen LogP) is 3.01. The van der Waals surface area contributed by atoms with Crippen LogP contribution in [0.25, 0.3) is 0 Å². The van der Waals surface area contributed by atoms with Gasteiger partial charge in [-0.15, -0.1) is 11.8 Å². The molecule has 0 aliphatic carbocycles. The standard InChI is InChI=1S/C19H28N2O3S/c1-13(2)14-6-8-15(9-7-14)24-10-17(22)21-12-25-11-16(21)18(23)20-19(3,4)5/h6-9,13,16H,10-12H2,1-5H3,(H,20,23). The number of nitrogens with zero attached hydrogens (tertiary/aromatic N) is 1. The number of hydrogen-bond donors (Lipinski definition) is 1. The van der Waals surface area contributed by atoms with Crippen LogP contribution in [0, 0.1) is 0 Å². The number of carbonyl (C=O) groups excluding carboxylic acids is 2. The highest BCUT2D eigenvalue weighted by atomic mass is 32.2. The minimum atomic E-state index is -0.427. The third-order valence-electron chi connectivity index (χ3n) is 3.91. The van der Waals surface area contributed by atoms with E-state index < -0.39 is 6.04 Å². The van der Waals surface area contributed by atoms with Gasteiger partial charge in [-0.25, -0.2) is 0 Å². The summed E-state index contributed by atoms with van der Waals surface area (Å²) in [5.74, 6) is 2.01. The molecule has 1 aliphatic rings. The zero-order valence-electron chi connectivity index (χ0n) is 15.7. The molecule has 0 aromatic heterocycles. The van der Waals surface area contributed by atoms with Crippen molar-refractivity contribution in [1.82, 2.24) is 10.2 Å². The van der Waals surface area contributed by atoms with Gasteiger partial charge in [0.05, 0.1) is 5.88 Å². The lowest BCUT2D eigenvalue weighted by Crippen LogP contribution is -2.53. The quantitative estimate of drug-likeness (QED) is 0.873. The van der Waals surface area contributed by atoms with E-state index in [0.717, 1.165) is 0 Å². The fraction of sp³-hybridized carbons (Fsp3) is 0.579. The molecule has 1 aromatic rings. The van der Waals surface area contributed by atoms with E-state index in [1.807, 2.05) is 45.0 Å². The lowest BCUT2D eigenvalue weighted by atomic mass is 10.0. The fourth-order valence-electron chi connectivity index (χ4n) is 2.54. The van der Waals surface area contributed by atoms with Gasteiger partial charge in [-0.3, -0.25) is 9.59 Å². The average molecular weight is 365 g/mol. The zero-order valence-corrected chi connectivity index (χ0v) is 16.5. The Labute approximate surface area is 154 Å². The maximum absolute atomic E-state index is 12.5. The average Bonchev–Trinajstić information content (AvgIpc) is 3.01. The maximum Gasteiger partial charge on any atom is 0.261 e. The van der Waals surface area contributed by atoms with E-state index in [0.29, 0.717) is 23.3 Å². The molecule has 2 rings (SSSR count). The van der Waals surface area contributed by atoms with E-state index in [2.05, 4.69) is 19.2 Å². The number of thioether (sulfide) groups is 1. The van der Waals surface area contributed by atoms with Crippen molar-refractivity contribution >= 4 is 23.6 Å². The van der Waals surface area contributed by atoms with E-state index >= 15 is 0 Å². The number of benzene rings is 1. The van der Waals surface area contributed by atoms with E-state index in [1.165, 1.54) is 5.56 Å². The normalized spacial score (nSPS) is 17.7. The number of nitrogens with one attached hydrogen (secondary N) is 1. The van der Waals surface area contributed by atoms with E-state index in [-0.39, 0.29) is 24.0 Å². The first-order valence-corrected chi connectivity index (χ1v) is 9.75. The number of ether oxygens (including phenoxy) is 1. The van der Waals surface area contributed by atoms with Crippen molar-refractivity contribution < 1.29 is 14.3 Å². The Kier molecular flexibility index (Phi) is 6.38. The van der Waals surface area contributed by atoms with Crippen LogP contribution in [0.5, 0.6) is 5.75 Å². The van der Waals surface area contributed by atoms with Gasteiger partial charge in [0.15, 0.2) is 6.61 Å². The minimum Gasteiger partial charge on any atom is -0.484 e. The molecule has 2 amide bonds. The van der Waals surface area contributed by atoms with Gasteiger partial charge in [-0.05, 0) is 44.4 Å². The summed E-state index contributed by atoms with van der Waals surface area (Å²) in [4.78, 5) is 26.5. The van der Waals surface area contributed by atoms with Crippen LogP contribution in [0.3, 0.4) is 0 Å². The Hall–Kier alpha value is -1.69. The summed E-state index contributed by atoms with van der Waals surface area (Å²) in [7, 11) is 0. The van der Waals surface area contributed by atoms with Crippen LogP contribution in [0.2, 0.25) is 0 Å². The highest BCUT2D eigenvalue weighted by Gasteiger charge is 2.35. The van der Waals surface area contributed by atoms with Crippen molar-refractivity contribution in [2.75, 3.05) is 18.2 Å². The number of carbonyl (C=O) groups is 2. The molecule has 0 saturated carbocycles. The highest BCUT2D eigenvalue weighted by Crippen LogP contribution is 2.23. The SMILES string of the molecule is CC(C)c1ccc(OCC(=O)N2CSCC2C(=O)NC(C)(C)C)cc1. The molecular weight excluding hydrogens is 336 g/mol. The molecule has 138 valence electrons. The highest BCUT2D eigenvalue weighted by molar-refractivity contribution is 7.99. The van der Waals surface area contributed by atoms with Crippen molar-refractivity contribution in [2.24, 2.45) is 0 Å². The number of amides is 2. The summed E-state index contributed by atoms with van der Waals surface area (Å²) < 4.78 is 5.61. The Bertz CT molecular complexity index is 608. The fourth-order valence-corrected chi connectivity index (χ4v) is 3.72. The molecule has 0 spiro atoms. The summed E-state index contributed by atoms with van der Waals surface area (Å²) in [6.45, 7) is 10.0. The third kappa shape index (κ3) is 5.66. The molecule has 6 heteroatoms. The minimum absolute atomic E-state index is 0.0547. The van der Waals surface area contributed by atoms with Crippen LogP contribution in [0.1, 0.15) is 46.1 Å². The smallest absolute Gasteiger partial charge is 0.261 e. The summed E-state index contributed by atoms with van der Waals surface area (Å²) in [6, 6.07) is 7.35. The van der Waals surface area contributed by atoms with E-state index in [4.69, 9.17) is 4.74 Å². The Balaban J connectivity index is 1.92. The molecule has 1 aromatic carbocycles. The summed E-state index contributed by atoms with van der Waals surface area (Å²) in [6.07, 6.45) is 0. The van der Waals surface area contributed by atoms with Gasteiger partial charge >= 0.3 is 0 Å². The second-order valence-electron chi connectivity index (χ2n) is 7.63. The topological polar surface area (TPSA) is 58.6 Å². The molecule has 5 nitrogen and oxygen atoms in total. The molecule has 1 heterocycles. The van der Waals surface area contributed by atoms with Gasteiger partial charge in [0.2, 0.25) is 5.91 Å². The summed E-state index contributed by atoms with van der Waals surface area (Å²) in [5, 5.41) is 2.95. The molecule has 1 atom stereocenters. The molecule has 1 fully saturated rings. The Morgan fingerprint density at radius 2 is 1.92 bits per heavy atom. The molecule has 0 radical (unpaired) electrons. The maximum atomic E-state index is 12.5. The summed E-state index contributed by atoms with van der Waals surface area (Å²) in [5.41, 5.74) is 0.918. The Morgan fingerprint density at radius 3 is 2.48 bits per heavy atom. The third-order valence-corrected chi connectivity index (χ3v) is 4.92. The van der Waals surface area contributed by atoms with Crippen molar-refractivity contribution in [3.05, 3.63) is 29.8 Å². The lowest BCUT2D eigenvalue weighted by molar-refractivity contribution is -0.140. The van der Waals surface area contributed by atoms with E-state index in [1.54, 1.807) is 16.7 Å². The van der Waals surface area contributed by atoms with Gasteiger partial charge in [-0.1, -0.05) is 26.0 Å². The van der Waals surface area contributed by atoms with Gasteiger partial charge in [0, 0.05) is 11.3 Å². The molecule has 1 saturated heterocycles. The van der Waals surface area contributed by atoms with Gasteiger partial charge < -0.3 is 15.0 Å². The second-order valence-corrected chi connectivity index (χ2v) is 8.63. The molecule has 1 aliphatic heterocycles. The molecule has 1 unspecified atom stereocenters. The van der Waals surface area contributed by atoms with Crippen molar-refractivity contribution in [1.29, 1.82) is 0 Å². The lowest BCUT2D eigenvalue weighted by Gasteiger charge is -2.27. The number of hydrogen-bond acceptors (Lipinski definition) is 4. The van der Waals surface area contributed by atoms with Crippen LogP contribution in [-0.2, 0) is 9.59 Å². The first kappa shape index (κ1) is 19.6. The largest absolute Gasteiger partial charge is 0.484 e. The van der Waals surface area contributed by atoms with Crippen LogP contribution in [-0.4, -0.2) is 46.5 Å². The molecule has 0 bridgehead atoms. The molecular formula is C19H28N2O3S. The second kappa shape index (κ2) is 8.13. The summed E-state index contributed by atoms with van der Waals surface area (Å²) >= 11 is 1.59. The van der Waals surface area contributed by atoms with Crippen LogP contribution in [0.4, 0.5) is 0 Å². The first-order chi connectivity index (χ1) is 11.7. The van der Waals surface area contributed by atoms with E-state index in [9.17, 15) is 9.59 Å². The van der Waals surface area contributed by atoms with Crippen molar-refractivity contribution in [2.45, 2.75) is 52.1 Å². The monoisotopic (exact) mass is 364 g/mol. The van der Waals surface area contributed by atoms with Crippen LogP contribution < -0.4 is 10.1 Å². The zero-order chi connectivity index (χ0) is 18.6. The predicted molar refractivity (Wildman–Crippen MR) is 102 cm³/mol.